The number of methoxy groups -OCH3 is 2. The summed E-state index contributed by atoms with van der Waals surface area (Å²) in [4.78, 5) is 26.3. The maximum absolute atomic E-state index is 13.4. The van der Waals surface area contributed by atoms with E-state index in [1.54, 1.807) is 18.2 Å². The highest BCUT2D eigenvalue weighted by Crippen LogP contribution is 2.35. The number of fused-ring (bicyclic) bond motifs is 1. The molecule has 0 unspecified atom stereocenters. The van der Waals surface area contributed by atoms with E-state index in [2.05, 4.69) is 10.4 Å². The summed E-state index contributed by atoms with van der Waals surface area (Å²) in [5.41, 5.74) is -1.94. The van der Waals surface area contributed by atoms with E-state index >= 15 is 0 Å². The fourth-order valence-corrected chi connectivity index (χ4v) is 3.47. The lowest BCUT2D eigenvalue weighted by Gasteiger charge is -2.15. The number of anilines is 1. The predicted molar refractivity (Wildman–Crippen MR) is 120 cm³/mol. The number of rotatable bonds is 5. The first-order valence-corrected chi connectivity index (χ1v) is 9.96. The minimum absolute atomic E-state index is 0.161. The van der Waals surface area contributed by atoms with Gasteiger partial charge in [0.2, 0.25) is 0 Å². The number of amides is 1. The molecule has 0 aliphatic heterocycles. The van der Waals surface area contributed by atoms with Crippen LogP contribution in [-0.4, -0.2) is 29.9 Å². The highest BCUT2D eigenvalue weighted by molar-refractivity contribution is 6.11. The zero-order valence-corrected chi connectivity index (χ0v) is 18.0. The smallest absolute Gasteiger partial charge is 0.418 e. The first-order valence-electron chi connectivity index (χ1n) is 9.96. The molecule has 4 aromatic rings. The van der Waals surface area contributed by atoms with E-state index < -0.39 is 28.9 Å². The molecule has 0 bridgehead atoms. The van der Waals surface area contributed by atoms with E-state index in [-0.39, 0.29) is 22.2 Å². The van der Waals surface area contributed by atoms with Crippen LogP contribution in [0.1, 0.15) is 16.1 Å². The van der Waals surface area contributed by atoms with Crippen LogP contribution in [0.15, 0.2) is 71.5 Å². The molecule has 1 aromatic heterocycles. The van der Waals surface area contributed by atoms with Crippen molar-refractivity contribution < 1.29 is 27.4 Å². The van der Waals surface area contributed by atoms with Crippen LogP contribution in [0.25, 0.3) is 16.5 Å². The normalized spacial score (nSPS) is 11.3. The molecular weight excluding hydrogens is 451 g/mol. The molecule has 0 radical (unpaired) electrons. The number of ether oxygens (including phenoxy) is 2. The standard InChI is InChI=1S/C24H18F3N3O4/c1-33-15-11-14(12-16(13-15)34-2)30-23(32)18-8-4-3-7-17(18)21(29-30)22(31)28-20-10-6-5-9-19(20)24(25,26)27/h3-13H,1-2H3,(H,28,31). The molecule has 1 amide bonds. The second-order valence-electron chi connectivity index (χ2n) is 7.18. The first-order chi connectivity index (χ1) is 16.2. The Morgan fingerprint density at radius 1 is 0.912 bits per heavy atom. The Bertz CT molecular complexity index is 1430. The molecule has 1 N–H and O–H groups in total. The fourth-order valence-electron chi connectivity index (χ4n) is 3.47. The van der Waals surface area contributed by atoms with E-state index in [0.717, 1.165) is 16.8 Å². The van der Waals surface area contributed by atoms with Crippen molar-refractivity contribution >= 4 is 22.4 Å². The number of nitrogens with zero attached hydrogens (tertiary/aromatic N) is 2. The molecule has 0 aliphatic rings. The zero-order chi connectivity index (χ0) is 24.5. The first kappa shape index (κ1) is 22.8. The van der Waals surface area contributed by atoms with Gasteiger partial charge in [-0.2, -0.15) is 23.0 Å². The van der Waals surface area contributed by atoms with Crippen LogP contribution >= 0.6 is 0 Å². The molecule has 0 atom stereocenters. The van der Waals surface area contributed by atoms with Crippen LogP contribution in [0, 0.1) is 0 Å². The van der Waals surface area contributed by atoms with Crippen LogP contribution < -0.4 is 20.3 Å². The Balaban J connectivity index is 1.89. The Morgan fingerprint density at radius 3 is 2.12 bits per heavy atom. The molecule has 7 nitrogen and oxygen atoms in total. The quantitative estimate of drug-likeness (QED) is 0.459. The molecule has 1 heterocycles. The second-order valence-corrected chi connectivity index (χ2v) is 7.18. The van der Waals surface area contributed by atoms with Gasteiger partial charge in [0.25, 0.3) is 11.5 Å². The number of hydrogen-bond donors (Lipinski definition) is 1. The van der Waals surface area contributed by atoms with Crippen LogP contribution in [-0.2, 0) is 6.18 Å². The molecule has 0 saturated carbocycles. The minimum atomic E-state index is -4.67. The second kappa shape index (κ2) is 8.89. The lowest BCUT2D eigenvalue weighted by molar-refractivity contribution is -0.136. The summed E-state index contributed by atoms with van der Waals surface area (Å²) < 4.78 is 51.7. The Labute approximate surface area is 191 Å². The van der Waals surface area contributed by atoms with Crippen LogP contribution in [0.3, 0.4) is 0 Å². The maximum atomic E-state index is 13.4. The largest absolute Gasteiger partial charge is 0.497 e. The summed E-state index contributed by atoms with van der Waals surface area (Å²) in [6.45, 7) is 0. The zero-order valence-electron chi connectivity index (χ0n) is 18.0. The highest BCUT2D eigenvalue weighted by Gasteiger charge is 2.34. The van der Waals surface area contributed by atoms with E-state index in [1.807, 2.05) is 0 Å². The monoisotopic (exact) mass is 469 g/mol. The van der Waals surface area contributed by atoms with E-state index in [9.17, 15) is 22.8 Å². The van der Waals surface area contributed by atoms with Gasteiger partial charge in [-0.15, -0.1) is 0 Å². The van der Waals surface area contributed by atoms with Gasteiger partial charge >= 0.3 is 6.18 Å². The molecular formula is C24H18F3N3O4. The number of halogens is 3. The number of alkyl halides is 3. The fraction of sp³-hybridized carbons (Fsp3) is 0.125. The summed E-state index contributed by atoms with van der Waals surface area (Å²) in [6, 6.07) is 15.5. The maximum Gasteiger partial charge on any atom is 0.418 e. The number of carbonyl (C=O) groups excluding carboxylic acids is 1. The summed E-state index contributed by atoms with van der Waals surface area (Å²) in [6.07, 6.45) is -4.67. The van der Waals surface area contributed by atoms with Gasteiger partial charge in [0, 0.05) is 23.6 Å². The molecule has 3 aromatic carbocycles. The third-order valence-electron chi connectivity index (χ3n) is 5.08. The molecule has 0 spiro atoms. The lowest BCUT2D eigenvalue weighted by Crippen LogP contribution is -2.27. The van der Waals surface area contributed by atoms with Crippen molar-refractivity contribution in [3.05, 3.63) is 88.3 Å². The van der Waals surface area contributed by atoms with Gasteiger partial charge in [0.05, 0.1) is 36.5 Å². The van der Waals surface area contributed by atoms with Crippen molar-refractivity contribution in [2.45, 2.75) is 6.18 Å². The molecule has 0 fully saturated rings. The summed E-state index contributed by atoms with van der Waals surface area (Å²) >= 11 is 0. The van der Waals surface area contributed by atoms with Gasteiger partial charge in [-0.05, 0) is 18.2 Å². The summed E-state index contributed by atoms with van der Waals surface area (Å²) in [5, 5.41) is 6.85. The Morgan fingerprint density at radius 2 is 1.50 bits per heavy atom. The molecule has 0 aliphatic carbocycles. The van der Waals surface area contributed by atoms with Crippen LogP contribution in [0.2, 0.25) is 0 Å². The number of para-hydroxylation sites is 1. The van der Waals surface area contributed by atoms with E-state index in [1.165, 1.54) is 50.6 Å². The average Bonchev–Trinajstić information content (AvgIpc) is 2.83. The number of hydrogen-bond acceptors (Lipinski definition) is 5. The molecule has 0 saturated heterocycles. The Kier molecular flexibility index (Phi) is 5.97. The van der Waals surface area contributed by atoms with Gasteiger partial charge in [0.15, 0.2) is 5.69 Å². The van der Waals surface area contributed by atoms with Crippen molar-refractivity contribution in [1.82, 2.24) is 9.78 Å². The lowest BCUT2D eigenvalue weighted by atomic mass is 10.1. The minimum Gasteiger partial charge on any atom is -0.497 e. The third kappa shape index (κ3) is 4.29. The molecule has 4 rings (SSSR count). The van der Waals surface area contributed by atoms with Crippen molar-refractivity contribution in [1.29, 1.82) is 0 Å². The summed E-state index contributed by atoms with van der Waals surface area (Å²) in [7, 11) is 2.87. The number of nitrogens with one attached hydrogen (secondary N) is 1. The van der Waals surface area contributed by atoms with Gasteiger partial charge in [-0.3, -0.25) is 9.59 Å². The highest BCUT2D eigenvalue weighted by atomic mass is 19.4. The number of aromatic nitrogens is 2. The van der Waals surface area contributed by atoms with Crippen molar-refractivity contribution in [2.24, 2.45) is 0 Å². The van der Waals surface area contributed by atoms with Gasteiger partial charge in [-0.25, -0.2) is 0 Å². The van der Waals surface area contributed by atoms with Crippen molar-refractivity contribution in [2.75, 3.05) is 19.5 Å². The van der Waals surface area contributed by atoms with Gasteiger partial charge in [-0.1, -0.05) is 30.3 Å². The summed E-state index contributed by atoms with van der Waals surface area (Å²) in [5.74, 6) is -0.154. The van der Waals surface area contributed by atoms with E-state index in [4.69, 9.17) is 9.47 Å². The molecule has 174 valence electrons. The number of benzene rings is 3. The average molecular weight is 469 g/mol. The molecule has 10 heteroatoms. The van der Waals surface area contributed by atoms with Crippen molar-refractivity contribution in [3.63, 3.8) is 0 Å². The van der Waals surface area contributed by atoms with E-state index in [0.29, 0.717) is 11.5 Å². The topological polar surface area (TPSA) is 82.4 Å². The van der Waals surface area contributed by atoms with Crippen LogP contribution in [0.5, 0.6) is 11.5 Å². The van der Waals surface area contributed by atoms with Gasteiger partial charge < -0.3 is 14.8 Å². The van der Waals surface area contributed by atoms with Crippen molar-refractivity contribution in [3.8, 4) is 17.2 Å². The predicted octanol–water partition coefficient (Wildman–Crippen LogP) is 4.67. The van der Waals surface area contributed by atoms with Gasteiger partial charge in [0.1, 0.15) is 11.5 Å². The molecule has 34 heavy (non-hydrogen) atoms. The Hall–Kier alpha value is -4.34. The third-order valence-corrected chi connectivity index (χ3v) is 5.08. The SMILES string of the molecule is COc1cc(OC)cc(-n2nc(C(=O)Nc3ccccc3C(F)(F)F)c3ccccc3c2=O)c1. The number of carbonyl (C=O) groups is 1. The van der Waals surface area contributed by atoms with Crippen LogP contribution in [0.4, 0.5) is 18.9 Å².